The molecule has 1 rings (SSSR count). The topological polar surface area (TPSA) is 89.9 Å². The molecule has 1 aliphatic rings. The molecule has 0 bridgehead atoms. The predicted molar refractivity (Wildman–Crippen MR) is 64.9 cm³/mol. The standard InChI is InChI=1S/C13H18O6/c1-8(2)11(14)7-18-19-13(17)10-6-4-3-5-9(10)12(15)16/h9-10H,1,3-7H2,2H3,(H,15,16). The Kier molecular flexibility index (Phi) is 5.69. The summed E-state index contributed by atoms with van der Waals surface area (Å²) in [5, 5.41) is 9.03. The van der Waals surface area contributed by atoms with Crippen LogP contribution in [0.15, 0.2) is 12.2 Å². The molecule has 0 aromatic heterocycles. The predicted octanol–water partition coefficient (Wildman–Crippen LogP) is 1.50. The second-order valence-corrected chi connectivity index (χ2v) is 4.70. The maximum atomic E-state index is 11.7. The molecule has 0 heterocycles. The molecule has 0 amide bonds. The molecule has 0 saturated heterocycles. The van der Waals surface area contributed by atoms with Gasteiger partial charge in [-0.15, -0.1) is 0 Å². The Morgan fingerprint density at radius 2 is 1.79 bits per heavy atom. The number of hydrogen-bond acceptors (Lipinski definition) is 5. The summed E-state index contributed by atoms with van der Waals surface area (Å²) in [6.45, 7) is 4.56. The van der Waals surface area contributed by atoms with Gasteiger partial charge >= 0.3 is 11.9 Å². The van der Waals surface area contributed by atoms with Gasteiger partial charge in [0.2, 0.25) is 0 Å². The quantitative estimate of drug-likeness (QED) is 0.447. The number of hydrogen-bond donors (Lipinski definition) is 1. The van der Waals surface area contributed by atoms with E-state index in [0.717, 1.165) is 12.8 Å². The van der Waals surface area contributed by atoms with E-state index in [1.807, 2.05) is 0 Å². The molecule has 1 saturated carbocycles. The summed E-state index contributed by atoms with van der Waals surface area (Å²) < 4.78 is 0. The highest BCUT2D eigenvalue weighted by atomic mass is 17.2. The molecule has 1 fully saturated rings. The average Bonchev–Trinajstić information content (AvgIpc) is 2.38. The van der Waals surface area contributed by atoms with Gasteiger partial charge in [0.25, 0.3) is 0 Å². The summed E-state index contributed by atoms with van der Waals surface area (Å²) in [4.78, 5) is 43.0. The smallest absolute Gasteiger partial charge is 0.346 e. The number of carboxylic acids is 1. The van der Waals surface area contributed by atoms with Gasteiger partial charge in [0, 0.05) is 0 Å². The number of carbonyl (C=O) groups excluding carboxylic acids is 2. The number of Topliss-reactive ketones (excluding diaryl/α,β-unsaturated/α-hetero) is 1. The summed E-state index contributed by atoms with van der Waals surface area (Å²) >= 11 is 0. The van der Waals surface area contributed by atoms with E-state index in [9.17, 15) is 14.4 Å². The lowest BCUT2D eigenvalue weighted by molar-refractivity contribution is -0.273. The van der Waals surface area contributed by atoms with Crippen molar-refractivity contribution < 1.29 is 29.3 Å². The fourth-order valence-corrected chi connectivity index (χ4v) is 2.03. The zero-order valence-corrected chi connectivity index (χ0v) is 10.9. The van der Waals surface area contributed by atoms with E-state index in [-0.39, 0.29) is 5.78 Å². The minimum absolute atomic E-state index is 0.303. The summed E-state index contributed by atoms with van der Waals surface area (Å²) in [7, 11) is 0. The van der Waals surface area contributed by atoms with E-state index in [0.29, 0.717) is 18.4 Å². The fourth-order valence-electron chi connectivity index (χ4n) is 2.03. The van der Waals surface area contributed by atoms with Crippen LogP contribution in [-0.4, -0.2) is 29.4 Å². The van der Waals surface area contributed by atoms with Crippen molar-refractivity contribution in [3.63, 3.8) is 0 Å². The van der Waals surface area contributed by atoms with Crippen LogP contribution in [0.25, 0.3) is 0 Å². The third kappa shape index (κ3) is 4.48. The van der Waals surface area contributed by atoms with Crippen LogP contribution in [0.2, 0.25) is 0 Å². The molecule has 0 aromatic carbocycles. The minimum Gasteiger partial charge on any atom is -0.481 e. The second kappa shape index (κ2) is 7.04. The maximum absolute atomic E-state index is 11.7. The molecular weight excluding hydrogens is 252 g/mol. The fraction of sp³-hybridized carbons (Fsp3) is 0.615. The molecule has 6 heteroatoms. The Morgan fingerprint density at radius 1 is 1.21 bits per heavy atom. The number of carbonyl (C=O) groups is 3. The molecule has 0 aromatic rings. The van der Waals surface area contributed by atoms with Gasteiger partial charge in [-0.3, -0.25) is 14.5 Å². The monoisotopic (exact) mass is 270 g/mol. The normalized spacial score (nSPS) is 22.6. The largest absolute Gasteiger partial charge is 0.481 e. The van der Waals surface area contributed by atoms with Crippen LogP contribution in [0.1, 0.15) is 32.6 Å². The van der Waals surface area contributed by atoms with Crippen LogP contribution in [0.3, 0.4) is 0 Å². The first-order valence-corrected chi connectivity index (χ1v) is 6.18. The van der Waals surface area contributed by atoms with Gasteiger partial charge in [0.05, 0.1) is 11.8 Å². The van der Waals surface area contributed by atoms with Gasteiger partial charge in [-0.05, 0) is 25.3 Å². The lowest BCUT2D eigenvalue weighted by Gasteiger charge is -2.25. The van der Waals surface area contributed by atoms with Crippen LogP contribution in [-0.2, 0) is 24.2 Å². The van der Waals surface area contributed by atoms with Gasteiger partial charge in [0.15, 0.2) is 12.4 Å². The zero-order chi connectivity index (χ0) is 14.4. The van der Waals surface area contributed by atoms with Gasteiger partial charge in [-0.1, -0.05) is 19.4 Å². The highest BCUT2D eigenvalue weighted by molar-refractivity contribution is 5.95. The van der Waals surface area contributed by atoms with E-state index in [1.165, 1.54) is 6.92 Å². The molecule has 1 aliphatic carbocycles. The number of rotatable bonds is 6. The van der Waals surface area contributed by atoms with Gasteiger partial charge in [0.1, 0.15) is 0 Å². The third-order valence-electron chi connectivity index (χ3n) is 3.19. The number of carboxylic acid groups (broad SMARTS) is 1. The molecule has 2 unspecified atom stereocenters. The summed E-state index contributed by atoms with van der Waals surface area (Å²) in [6.07, 6.45) is 2.50. The average molecular weight is 270 g/mol. The summed E-state index contributed by atoms with van der Waals surface area (Å²) in [6, 6.07) is 0. The Bertz CT molecular complexity index is 387. The van der Waals surface area contributed by atoms with Crippen molar-refractivity contribution in [3.8, 4) is 0 Å². The summed E-state index contributed by atoms with van der Waals surface area (Å²) in [5.41, 5.74) is 0.303. The van der Waals surface area contributed by atoms with Crippen molar-refractivity contribution in [1.29, 1.82) is 0 Å². The van der Waals surface area contributed by atoms with Crippen molar-refractivity contribution in [2.45, 2.75) is 32.6 Å². The molecule has 0 spiro atoms. The molecule has 0 aliphatic heterocycles. The lowest BCUT2D eigenvalue weighted by atomic mass is 9.79. The maximum Gasteiger partial charge on any atom is 0.346 e. The Balaban J connectivity index is 2.45. The Hall–Kier alpha value is -1.69. The van der Waals surface area contributed by atoms with Crippen molar-refractivity contribution in [2.24, 2.45) is 11.8 Å². The van der Waals surface area contributed by atoms with E-state index in [2.05, 4.69) is 16.4 Å². The van der Waals surface area contributed by atoms with E-state index >= 15 is 0 Å². The second-order valence-electron chi connectivity index (χ2n) is 4.70. The first kappa shape index (κ1) is 15.4. The van der Waals surface area contributed by atoms with Crippen molar-refractivity contribution in [3.05, 3.63) is 12.2 Å². The lowest BCUT2D eigenvalue weighted by Crippen LogP contribution is -2.34. The highest BCUT2D eigenvalue weighted by Crippen LogP contribution is 2.31. The van der Waals surface area contributed by atoms with Crippen LogP contribution in [0, 0.1) is 11.8 Å². The Morgan fingerprint density at radius 3 is 2.32 bits per heavy atom. The van der Waals surface area contributed by atoms with Crippen LogP contribution in [0.5, 0.6) is 0 Å². The first-order valence-electron chi connectivity index (χ1n) is 6.18. The molecule has 6 nitrogen and oxygen atoms in total. The molecular formula is C13H18O6. The van der Waals surface area contributed by atoms with E-state index in [1.54, 1.807) is 0 Å². The number of ketones is 1. The van der Waals surface area contributed by atoms with Crippen molar-refractivity contribution in [1.82, 2.24) is 0 Å². The zero-order valence-electron chi connectivity index (χ0n) is 10.9. The molecule has 0 radical (unpaired) electrons. The van der Waals surface area contributed by atoms with Crippen molar-refractivity contribution in [2.75, 3.05) is 6.61 Å². The third-order valence-corrected chi connectivity index (χ3v) is 3.19. The summed E-state index contributed by atoms with van der Waals surface area (Å²) in [5.74, 6) is -3.53. The SMILES string of the molecule is C=C(C)C(=O)COOC(=O)C1CCCCC1C(=O)O. The van der Waals surface area contributed by atoms with Gasteiger partial charge in [-0.2, -0.15) is 4.89 Å². The molecule has 1 N–H and O–H groups in total. The van der Waals surface area contributed by atoms with Crippen LogP contribution < -0.4 is 0 Å². The van der Waals surface area contributed by atoms with Crippen LogP contribution in [0.4, 0.5) is 0 Å². The molecule has 2 atom stereocenters. The highest BCUT2D eigenvalue weighted by Gasteiger charge is 2.37. The molecule has 106 valence electrons. The van der Waals surface area contributed by atoms with Crippen LogP contribution >= 0.6 is 0 Å². The first-order chi connectivity index (χ1) is 8.93. The minimum atomic E-state index is -1.00. The number of aliphatic carboxylic acids is 1. The molecule has 19 heavy (non-hydrogen) atoms. The van der Waals surface area contributed by atoms with Gasteiger partial charge in [-0.25, -0.2) is 4.79 Å². The van der Waals surface area contributed by atoms with Gasteiger partial charge < -0.3 is 5.11 Å². The van der Waals surface area contributed by atoms with E-state index in [4.69, 9.17) is 5.11 Å². The van der Waals surface area contributed by atoms with E-state index < -0.39 is 30.4 Å². The Labute approximate surface area is 111 Å². The van der Waals surface area contributed by atoms with Crippen molar-refractivity contribution >= 4 is 17.7 Å².